The number of aromatic nitrogens is 3. The molecule has 4 nitrogen and oxygen atoms in total. The molecule has 0 fully saturated rings. The molecule has 0 bridgehead atoms. The van der Waals surface area contributed by atoms with Crippen LogP contribution in [0.4, 0.5) is 0 Å². The molecule has 3 rings (SSSR count). The highest BCUT2D eigenvalue weighted by atomic mass is 79.9. The molecule has 0 unspecified atom stereocenters. The van der Waals surface area contributed by atoms with Gasteiger partial charge in [0.05, 0.1) is 5.69 Å². The topological polar surface area (TPSA) is 39.9 Å². The third-order valence-corrected chi connectivity index (χ3v) is 3.73. The fourth-order valence-corrected chi connectivity index (χ4v) is 2.36. The minimum atomic E-state index is 0.341. The number of benzene rings is 2. The maximum absolute atomic E-state index is 5.75. The monoisotopic (exact) mass is 343 g/mol. The maximum Gasteiger partial charge on any atom is 0.341 e. The predicted octanol–water partition coefficient (Wildman–Crippen LogP) is 4.26. The van der Waals surface area contributed by atoms with Gasteiger partial charge in [-0.15, -0.1) is 5.10 Å². The molecule has 0 N–H and O–H groups in total. The van der Waals surface area contributed by atoms with Crippen molar-refractivity contribution in [3.8, 4) is 17.4 Å². The van der Waals surface area contributed by atoms with E-state index in [0.29, 0.717) is 6.01 Å². The number of ether oxygens (including phenoxy) is 1. The van der Waals surface area contributed by atoms with Crippen LogP contribution in [-0.4, -0.2) is 14.8 Å². The van der Waals surface area contributed by atoms with Crippen molar-refractivity contribution in [2.45, 2.75) is 12.3 Å². The number of halogens is 1. The van der Waals surface area contributed by atoms with Gasteiger partial charge in [-0.1, -0.05) is 46.3 Å². The van der Waals surface area contributed by atoms with Gasteiger partial charge in [-0.25, -0.2) is 4.68 Å². The Kier molecular flexibility index (Phi) is 4.01. The van der Waals surface area contributed by atoms with Crippen LogP contribution in [0.25, 0.3) is 5.69 Å². The summed E-state index contributed by atoms with van der Waals surface area (Å²) in [4.78, 5) is 4.19. The average Bonchev–Trinajstić information content (AvgIpc) is 2.99. The first-order valence-electron chi connectivity index (χ1n) is 6.56. The van der Waals surface area contributed by atoms with Gasteiger partial charge < -0.3 is 4.74 Å². The van der Waals surface area contributed by atoms with Gasteiger partial charge in [-0.05, 0) is 36.2 Å². The first kappa shape index (κ1) is 13.8. The van der Waals surface area contributed by atoms with E-state index in [4.69, 9.17) is 4.74 Å². The van der Waals surface area contributed by atoms with Crippen molar-refractivity contribution >= 4 is 15.9 Å². The molecule has 1 heterocycles. The van der Waals surface area contributed by atoms with Crippen molar-refractivity contribution in [1.29, 1.82) is 0 Å². The molecule has 2 aromatic carbocycles. The van der Waals surface area contributed by atoms with Crippen molar-refractivity contribution in [1.82, 2.24) is 14.8 Å². The van der Waals surface area contributed by atoms with Crippen molar-refractivity contribution in [3.63, 3.8) is 0 Å². The van der Waals surface area contributed by atoms with E-state index in [0.717, 1.165) is 22.3 Å². The van der Waals surface area contributed by atoms with Gasteiger partial charge in [-0.3, -0.25) is 0 Å². The Labute approximate surface area is 131 Å². The molecule has 3 aromatic rings. The zero-order valence-electron chi connectivity index (χ0n) is 11.5. The lowest BCUT2D eigenvalue weighted by molar-refractivity contribution is 0.438. The first-order valence-corrected chi connectivity index (χ1v) is 7.69. The van der Waals surface area contributed by atoms with Gasteiger partial charge in [-0.2, -0.15) is 4.98 Å². The lowest BCUT2D eigenvalue weighted by Gasteiger charge is -2.06. The van der Waals surface area contributed by atoms with Crippen LogP contribution < -0.4 is 4.74 Å². The van der Waals surface area contributed by atoms with Crippen molar-refractivity contribution in [2.24, 2.45) is 0 Å². The Hall–Kier alpha value is -2.14. The molecule has 0 aliphatic rings. The zero-order chi connectivity index (χ0) is 14.7. The predicted molar refractivity (Wildman–Crippen MR) is 85.2 cm³/mol. The van der Waals surface area contributed by atoms with Gasteiger partial charge in [0.1, 0.15) is 12.1 Å². The third kappa shape index (κ3) is 3.13. The van der Waals surface area contributed by atoms with E-state index in [2.05, 4.69) is 32.1 Å². The summed E-state index contributed by atoms with van der Waals surface area (Å²) in [6, 6.07) is 16.2. The molecule has 0 radical (unpaired) electrons. The summed E-state index contributed by atoms with van der Waals surface area (Å²) in [5, 5.41) is 5.16. The van der Waals surface area contributed by atoms with Crippen LogP contribution in [-0.2, 0) is 5.33 Å². The zero-order valence-corrected chi connectivity index (χ0v) is 13.1. The summed E-state index contributed by atoms with van der Waals surface area (Å²) < 4.78 is 7.44. The SMILES string of the molecule is Cc1cc(CBr)ccc1Oc1ncn(-c2ccccc2)n1. The Bertz CT molecular complexity index is 740. The summed E-state index contributed by atoms with van der Waals surface area (Å²) in [6.07, 6.45) is 1.65. The van der Waals surface area contributed by atoms with Crippen molar-refractivity contribution in [3.05, 3.63) is 66.0 Å². The lowest BCUT2D eigenvalue weighted by atomic mass is 10.1. The molecule has 5 heteroatoms. The molecule has 0 saturated heterocycles. The van der Waals surface area contributed by atoms with Crippen LogP contribution in [0.1, 0.15) is 11.1 Å². The minimum absolute atomic E-state index is 0.341. The van der Waals surface area contributed by atoms with Gasteiger partial charge in [0.2, 0.25) is 0 Å². The molecule has 0 amide bonds. The van der Waals surface area contributed by atoms with Gasteiger partial charge >= 0.3 is 6.01 Å². The number of hydrogen-bond donors (Lipinski definition) is 0. The van der Waals surface area contributed by atoms with E-state index in [9.17, 15) is 0 Å². The standard InChI is InChI=1S/C16H14BrN3O/c1-12-9-13(10-17)7-8-15(12)21-16-18-11-20(19-16)14-5-3-2-4-6-14/h2-9,11H,10H2,1H3. The molecule has 1 aromatic heterocycles. The van der Waals surface area contributed by atoms with Crippen molar-refractivity contribution < 1.29 is 4.74 Å². The van der Waals surface area contributed by atoms with Crippen LogP contribution in [0.15, 0.2) is 54.9 Å². The molecule has 106 valence electrons. The summed E-state index contributed by atoms with van der Waals surface area (Å²) in [5.41, 5.74) is 3.22. The normalized spacial score (nSPS) is 10.6. The van der Waals surface area contributed by atoms with Gasteiger partial charge in [0.15, 0.2) is 0 Å². The Balaban J connectivity index is 1.82. The molecular formula is C16H14BrN3O. The second-order valence-corrected chi connectivity index (χ2v) is 5.20. The first-order chi connectivity index (χ1) is 10.3. The summed E-state index contributed by atoms with van der Waals surface area (Å²) in [7, 11) is 0. The molecule has 21 heavy (non-hydrogen) atoms. The second kappa shape index (κ2) is 6.10. The highest BCUT2D eigenvalue weighted by Gasteiger charge is 2.07. The van der Waals surface area contributed by atoms with Gasteiger partial charge in [0.25, 0.3) is 0 Å². The summed E-state index contributed by atoms with van der Waals surface area (Å²) in [6.45, 7) is 2.01. The summed E-state index contributed by atoms with van der Waals surface area (Å²) in [5.74, 6) is 0.769. The molecular weight excluding hydrogens is 330 g/mol. The largest absolute Gasteiger partial charge is 0.423 e. The number of alkyl halides is 1. The quantitative estimate of drug-likeness (QED) is 0.664. The number of nitrogens with zero attached hydrogens (tertiary/aromatic N) is 3. The van der Waals surface area contributed by atoms with Crippen LogP contribution in [0, 0.1) is 6.92 Å². The fraction of sp³-hybridized carbons (Fsp3) is 0.125. The van der Waals surface area contributed by atoms with E-state index >= 15 is 0 Å². The molecule has 0 atom stereocenters. The average molecular weight is 344 g/mol. The fourth-order valence-electron chi connectivity index (χ4n) is 2.01. The number of rotatable bonds is 4. The van der Waals surface area contributed by atoms with Crippen LogP contribution in [0.3, 0.4) is 0 Å². The lowest BCUT2D eigenvalue weighted by Crippen LogP contribution is -1.95. The Morgan fingerprint density at radius 1 is 1.14 bits per heavy atom. The third-order valence-electron chi connectivity index (χ3n) is 3.09. The van der Waals surface area contributed by atoms with Crippen molar-refractivity contribution in [2.75, 3.05) is 0 Å². The summed E-state index contributed by atoms with van der Waals surface area (Å²) >= 11 is 3.44. The van der Waals surface area contributed by atoms with E-state index in [1.54, 1.807) is 11.0 Å². The van der Waals surface area contributed by atoms with E-state index in [1.807, 2.05) is 49.4 Å². The minimum Gasteiger partial charge on any atom is -0.423 e. The van der Waals surface area contributed by atoms with Crippen LogP contribution in [0.5, 0.6) is 11.8 Å². The molecule has 0 aliphatic heterocycles. The Morgan fingerprint density at radius 3 is 2.67 bits per heavy atom. The van der Waals surface area contributed by atoms with Crippen LogP contribution >= 0.6 is 15.9 Å². The highest BCUT2D eigenvalue weighted by Crippen LogP contribution is 2.24. The molecule has 0 saturated carbocycles. The van der Waals surface area contributed by atoms with Crippen LogP contribution in [0.2, 0.25) is 0 Å². The smallest absolute Gasteiger partial charge is 0.341 e. The van der Waals surface area contributed by atoms with E-state index < -0.39 is 0 Å². The molecule has 0 spiro atoms. The number of hydrogen-bond acceptors (Lipinski definition) is 3. The highest BCUT2D eigenvalue weighted by molar-refractivity contribution is 9.08. The number of aryl methyl sites for hydroxylation is 1. The number of para-hydroxylation sites is 1. The molecule has 0 aliphatic carbocycles. The van der Waals surface area contributed by atoms with E-state index in [-0.39, 0.29) is 0 Å². The van der Waals surface area contributed by atoms with Gasteiger partial charge in [0, 0.05) is 5.33 Å². The Morgan fingerprint density at radius 2 is 1.95 bits per heavy atom. The van der Waals surface area contributed by atoms with E-state index in [1.165, 1.54) is 5.56 Å². The second-order valence-electron chi connectivity index (χ2n) is 4.64. The maximum atomic E-state index is 5.75.